The van der Waals surface area contributed by atoms with Gasteiger partial charge in [0.2, 0.25) is 0 Å². The standard InChI is InChI=1S/C24H42OS/c1-2-3-4-5-6-7-8-9-10-11-12-13-14-15-16-17-18-20-23(25)24-21-19-22-26-24/h19,21-22H,2-18,20H2,1H3. The average molecular weight is 379 g/mol. The normalized spacial score (nSPS) is 11.1. The third-order valence-corrected chi connectivity index (χ3v) is 6.21. The van der Waals surface area contributed by atoms with Crippen LogP contribution in [-0.4, -0.2) is 5.78 Å². The molecule has 1 aromatic heterocycles. The highest BCUT2D eigenvalue weighted by Crippen LogP contribution is 2.16. The van der Waals surface area contributed by atoms with E-state index in [1.165, 1.54) is 103 Å². The number of carbonyl (C=O) groups excluding carboxylic acids is 1. The zero-order chi connectivity index (χ0) is 18.7. The van der Waals surface area contributed by atoms with Gasteiger partial charge in [0.15, 0.2) is 5.78 Å². The van der Waals surface area contributed by atoms with Gasteiger partial charge in [-0.2, -0.15) is 0 Å². The van der Waals surface area contributed by atoms with E-state index in [-0.39, 0.29) is 0 Å². The molecular formula is C24H42OS. The molecule has 0 aromatic carbocycles. The minimum atomic E-state index is 0.334. The third kappa shape index (κ3) is 13.6. The molecule has 0 spiro atoms. The smallest absolute Gasteiger partial charge is 0.172 e. The van der Waals surface area contributed by atoms with E-state index in [0.717, 1.165) is 17.7 Å². The van der Waals surface area contributed by atoms with Gasteiger partial charge in [0.25, 0.3) is 0 Å². The minimum Gasteiger partial charge on any atom is -0.293 e. The van der Waals surface area contributed by atoms with Crippen LogP contribution in [0.5, 0.6) is 0 Å². The van der Waals surface area contributed by atoms with E-state index < -0.39 is 0 Å². The van der Waals surface area contributed by atoms with Gasteiger partial charge >= 0.3 is 0 Å². The molecule has 0 amide bonds. The van der Waals surface area contributed by atoms with Crippen LogP contribution in [0, 0.1) is 0 Å². The van der Waals surface area contributed by atoms with Crippen molar-refractivity contribution < 1.29 is 4.79 Å². The van der Waals surface area contributed by atoms with Crippen LogP contribution >= 0.6 is 11.3 Å². The van der Waals surface area contributed by atoms with E-state index in [1.807, 2.05) is 17.5 Å². The Kier molecular flexibility index (Phi) is 16.0. The van der Waals surface area contributed by atoms with Crippen LogP contribution in [0.15, 0.2) is 17.5 Å². The van der Waals surface area contributed by atoms with Crippen LogP contribution in [0.2, 0.25) is 0 Å². The average Bonchev–Trinajstić information content (AvgIpc) is 3.19. The Bertz CT molecular complexity index is 410. The molecule has 0 aliphatic rings. The number of hydrogen-bond donors (Lipinski definition) is 0. The van der Waals surface area contributed by atoms with Crippen molar-refractivity contribution in [2.75, 3.05) is 0 Å². The lowest BCUT2D eigenvalue weighted by molar-refractivity contribution is 0.0983. The van der Waals surface area contributed by atoms with E-state index in [0.29, 0.717) is 5.78 Å². The van der Waals surface area contributed by atoms with Gasteiger partial charge in [0.1, 0.15) is 0 Å². The van der Waals surface area contributed by atoms with Crippen LogP contribution in [0.4, 0.5) is 0 Å². The van der Waals surface area contributed by atoms with Crippen molar-refractivity contribution in [2.45, 2.75) is 122 Å². The van der Waals surface area contributed by atoms with Crippen LogP contribution < -0.4 is 0 Å². The highest BCUT2D eigenvalue weighted by molar-refractivity contribution is 7.12. The lowest BCUT2D eigenvalue weighted by Crippen LogP contribution is -1.95. The van der Waals surface area contributed by atoms with Crippen LogP contribution in [-0.2, 0) is 0 Å². The molecule has 0 unspecified atom stereocenters. The number of hydrogen-bond acceptors (Lipinski definition) is 2. The zero-order valence-electron chi connectivity index (χ0n) is 17.3. The molecule has 0 bridgehead atoms. The van der Waals surface area contributed by atoms with Gasteiger partial charge in [-0.3, -0.25) is 4.79 Å². The van der Waals surface area contributed by atoms with E-state index in [1.54, 1.807) is 11.3 Å². The Morgan fingerprint density at radius 1 is 0.692 bits per heavy atom. The molecule has 2 heteroatoms. The highest BCUT2D eigenvalue weighted by Gasteiger charge is 2.05. The summed E-state index contributed by atoms with van der Waals surface area (Å²) in [6.07, 6.45) is 24.3. The van der Waals surface area contributed by atoms with Crippen molar-refractivity contribution in [3.8, 4) is 0 Å². The van der Waals surface area contributed by atoms with Gasteiger partial charge in [-0.05, 0) is 17.9 Å². The monoisotopic (exact) mass is 378 g/mol. The Balaban J connectivity index is 1.71. The summed E-state index contributed by atoms with van der Waals surface area (Å²) in [6, 6.07) is 3.91. The fourth-order valence-corrected chi connectivity index (χ4v) is 4.27. The second-order valence-corrected chi connectivity index (χ2v) is 8.76. The second-order valence-electron chi connectivity index (χ2n) is 7.81. The highest BCUT2D eigenvalue weighted by atomic mass is 32.1. The van der Waals surface area contributed by atoms with Crippen LogP contribution in [0.1, 0.15) is 132 Å². The van der Waals surface area contributed by atoms with E-state index in [4.69, 9.17) is 0 Å². The predicted molar refractivity (Wildman–Crippen MR) is 117 cm³/mol. The molecule has 150 valence electrons. The molecule has 26 heavy (non-hydrogen) atoms. The molecular weight excluding hydrogens is 336 g/mol. The summed E-state index contributed by atoms with van der Waals surface area (Å²) in [7, 11) is 0. The molecule has 0 saturated carbocycles. The Hall–Kier alpha value is -0.630. The maximum absolute atomic E-state index is 11.9. The summed E-state index contributed by atoms with van der Waals surface area (Å²) in [5.74, 6) is 0.334. The fraction of sp³-hybridized carbons (Fsp3) is 0.792. The zero-order valence-corrected chi connectivity index (χ0v) is 18.1. The number of carbonyl (C=O) groups is 1. The number of thiophene rings is 1. The lowest BCUT2D eigenvalue weighted by atomic mass is 10.0. The number of Topliss-reactive ketones (excluding diaryl/α,β-unsaturated/α-hetero) is 1. The minimum absolute atomic E-state index is 0.334. The first kappa shape index (κ1) is 23.4. The first-order valence-electron chi connectivity index (χ1n) is 11.4. The van der Waals surface area contributed by atoms with Crippen molar-refractivity contribution >= 4 is 17.1 Å². The predicted octanol–water partition coefficient (Wildman–Crippen LogP) is 8.97. The summed E-state index contributed by atoms with van der Waals surface area (Å²) in [5, 5.41) is 1.99. The summed E-state index contributed by atoms with van der Waals surface area (Å²) >= 11 is 1.57. The van der Waals surface area contributed by atoms with Gasteiger partial charge in [0.05, 0.1) is 4.88 Å². The Morgan fingerprint density at radius 2 is 1.12 bits per heavy atom. The van der Waals surface area contributed by atoms with Crippen molar-refractivity contribution in [3.05, 3.63) is 22.4 Å². The molecule has 0 aliphatic carbocycles. The maximum atomic E-state index is 11.9. The van der Waals surface area contributed by atoms with Gasteiger partial charge in [0, 0.05) is 6.42 Å². The van der Waals surface area contributed by atoms with E-state index in [9.17, 15) is 4.79 Å². The van der Waals surface area contributed by atoms with E-state index in [2.05, 4.69) is 6.92 Å². The number of rotatable bonds is 19. The summed E-state index contributed by atoms with van der Waals surface area (Å²) in [6.45, 7) is 2.29. The largest absolute Gasteiger partial charge is 0.293 e. The number of unbranched alkanes of at least 4 members (excludes halogenated alkanes) is 16. The molecule has 0 atom stereocenters. The van der Waals surface area contributed by atoms with Crippen molar-refractivity contribution in [3.63, 3.8) is 0 Å². The van der Waals surface area contributed by atoms with Crippen molar-refractivity contribution in [2.24, 2.45) is 0 Å². The number of ketones is 1. The molecule has 1 heterocycles. The lowest BCUT2D eigenvalue weighted by Gasteiger charge is -2.03. The fourth-order valence-electron chi connectivity index (χ4n) is 3.57. The Labute approximate surface area is 167 Å². The molecule has 1 rings (SSSR count). The first-order valence-corrected chi connectivity index (χ1v) is 12.3. The molecule has 0 saturated heterocycles. The molecule has 0 aliphatic heterocycles. The van der Waals surface area contributed by atoms with Crippen LogP contribution in [0.3, 0.4) is 0 Å². The van der Waals surface area contributed by atoms with Gasteiger partial charge in [-0.1, -0.05) is 116 Å². The Morgan fingerprint density at radius 3 is 1.50 bits per heavy atom. The summed E-state index contributed by atoms with van der Waals surface area (Å²) in [5.41, 5.74) is 0. The van der Waals surface area contributed by atoms with Crippen molar-refractivity contribution in [1.82, 2.24) is 0 Å². The van der Waals surface area contributed by atoms with E-state index >= 15 is 0 Å². The molecule has 1 nitrogen and oxygen atoms in total. The van der Waals surface area contributed by atoms with Gasteiger partial charge in [-0.25, -0.2) is 0 Å². The molecule has 0 radical (unpaired) electrons. The molecule has 0 fully saturated rings. The molecule has 0 N–H and O–H groups in total. The van der Waals surface area contributed by atoms with Gasteiger partial charge in [-0.15, -0.1) is 11.3 Å². The third-order valence-electron chi connectivity index (χ3n) is 5.30. The topological polar surface area (TPSA) is 17.1 Å². The van der Waals surface area contributed by atoms with Crippen molar-refractivity contribution in [1.29, 1.82) is 0 Å². The summed E-state index contributed by atoms with van der Waals surface area (Å²) < 4.78 is 0. The van der Waals surface area contributed by atoms with Crippen LogP contribution in [0.25, 0.3) is 0 Å². The van der Waals surface area contributed by atoms with Gasteiger partial charge < -0.3 is 0 Å². The molecule has 1 aromatic rings. The maximum Gasteiger partial charge on any atom is 0.172 e. The second kappa shape index (κ2) is 17.8. The SMILES string of the molecule is CCCCCCCCCCCCCCCCCCCC(=O)c1cccs1. The first-order chi connectivity index (χ1) is 12.8. The summed E-state index contributed by atoms with van der Waals surface area (Å²) in [4.78, 5) is 12.8. The quantitative estimate of drug-likeness (QED) is 0.173.